The van der Waals surface area contributed by atoms with Gasteiger partial charge in [-0.1, -0.05) is 36.4 Å². The van der Waals surface area contributed by atoms with Gasteiger partial charge in [0.15, 0.2) is 0 Å². The average molecular weight is 416 g/mol. The number of hydrogen-bond donors (Lipinski definition) is 4. The van der Waals surface area contributed by atoms with Crippen LogP contribution in [0, 0.1) is 0 Å². The Kier molecular flexibility index (Phi) is 3.98. The molecule has 0 saturated heterocycles. The van der Waals surface area contributed by atoms with Crippen LogP contribution in [-0.4, -0.2) is 19.9 Å². The number of nitrogen functional groups attached to an aromatic ring is 2. The molecule has 0 radical (unpaired) electrons. The first-order valence-electron chi connectivity index (χ1n) is 10.3. The molecule has 154 valence electrons. The summed E-state index contributed by atoms with van der Waals surface area (Å²) in [5.41, 5.74) is 20.9. The lowest BCUT2D eigenvalue weighted by Gasteiger charge is -2.01. The summed E-state index contributed by atoms with van der Waals surface area (Å²) >= 11 is 0. The Morgan fingerprint density at radius 3 is 1.72 bits per heavy atom. The number of nitrogens with two attached hydrogens (primary N) is 2. The normalized spacial score (nSPS) is 11.4. The van der Waals surface area contributed by atoms with Gasteiger partial charge in [0.2, 0.25) is 0 Å². The number of fused-ring (bicyclic) bond motifs is 2. The first-order valence-corrected chi connectivity index (χ1v) is 10.3. The van der Waals surface area contributed by atoms with E-state index in [4.69, 9.17) is 21.4 Å². The molecule has 6 N–H and O–H groups in total. The first-order chi connectivity index (χ1) is 15.6. The molecule has 0 atom stereocenters. The van der Waals surface area contributed by atoms with E-state index in [1.54, 1.807) is 6.07 Å². The van der Waals surface area contributed by atoms with Gasteiger partial charge in [0.25, 0.3) is 0 Å². The van der Waals surface area contributed by atoms with E-state index in [2.05, 4.69) is 46.4 Å². The second-order valence-corrected chi connectivity index (χ2v) is 7.84. The SMILES string of the molecule is Nc1ccc(-c2nc3ccc(-c4nc5ccc(-c6ccccc6)cc5[nH]4)cc3[nH]2)cc1N. The minimum atomic E-state index is 0.542. The quantitative estimate of drug-likeness (QED) is 0.281. The zero-order valence-electron chi connectivity index (χ0n) is 17.1. The van der Waals surface area contributed by atoms with E-state index in [0.29, 0.717) is 11.4 Å². The molecule has 0 aliphatic rings. The summed E-state index contributed by atoms with van der Waals surface area (Å²) in [6.07, 6.45) is 0. The van der Waals surface area contributed by atoms with Gasteiger partial charge in [0.1, 0.15) is 11.6 Å². The molecule has 2 heterocycles. The highest BCUT2D eigenvalue weighted by Crippen LogP contribution is 2.29. The summed E-state index contributed by atoms with van der Waals surface area (Å²) in [6.45, 7) is 0. The lowest BCUT2D eigenvalue weighted by Crippen LogP contribution is -1.94. The highest BCUT2D eigenvalue weighted by atomic mass is 14.9. The van der Waals surface area contributed by atoms with Crippen molar-refractivity contribution in [2.75, 3.05) is 11.5 Å². The molecule has 0 bridgehead atoms. The molecular weight excluding hydrogens is 396 g/mol. The lowest BCUT2D eigenvalue weighted by molar-refractivity contribution is 1.33. The Morgan fingerprint density at radius 2 is 1.06 bits per heavy atom. The molecule has 0 saturated carbocycles. The van der Waals surface area contributed by atoms with Gasteiger partial charge in [-0.25, -0.2) is 9.97 Å². The maximum atomic E-state index is 5.96. The lowest BCUT2D eigenvalue weighted by atomic mass is 10.1. The fourth-order valence-electron chi connectivity index (χ4n) is 3.97. The van der Waals surface area contributed by atoms with Crippen LogP contribution in [0.5, 0.6) is 0 Å². The molecule has 6 aromatic rings. The smallest absolute Gasteiger partial charge is 0.138 e. The van der Waals surface area contributed by atoms with Crippen LogP contribution in [0.3, 0.4) is 0 Å². The number of benzene rings is 4. The molecule has 2 aromatic heterocycles. The van der Waals surface area contributed by atoms with Gasteiger partial charge in [-0.15, -0.1) is 0 Å². The Labute approximate surface area is 184 Å². The van der Waals surface area contributed by atoms with Gasteiger partial charge in [0.05, 0.1) is 33.4 Å². The zero-order valence-corrected chi connectivity index (χ0v) is 17.1. The third-order valence-corrected chi connectivity index (χ3v) is 5.70. The third-order valence-electron chi connectivity index (χ3n) is 5.70. The van der Waals surface area contributed by atoms with Crippen molar-refractivity contribution in [2.45, 2.75) is 0 Å². The summed E-state index contributed by atoms with van der Waals surface area (Å²) in [6, 6.07) is 28.2. The van der Waals surface area contributed by atoms with E-state index in [9.17, 15) is 0 Å². The number of rotatable bonds is 3. The number of anilines is 2. The van der Waals surface area contributed by atoms with E-state index in [1.807, 2.05) is 42.5 Å². The molecular formula is C26H20N6. The molecule has 4 aromatic carbocycles. The maximum absolute atomic E-state index is 5.96. The molecule has 0 spiro atoms. The van der Waals surface area contributed by atoms with Crippen molar-refractivity contribution < 1.29 is 0 Å². The predicted molar refractivity (Wildman–Crippen MR) is 131 cm³/mol. The highest BCUT2D eigenvalue weighted by molar-refractivity contribution is 5.88. The largest absolute Gasteiger partial charge is 0.397 e. The predicted octanol–water partition coefficient (Wildman–Crippen LogP) is 5.60. The number of aromatic amines is 2. The van der Waals surface area contributed by atoms with E-state index in [0.717, 1.165) is 50.4 Å². The van der Waals surface area contributed by atoms with Crippen molar-refractivity contribution in [3.8, 4) is 33.9 Å². The van der Waals surface area contributed by atoms with Gasteiger partial charge < -0.3 is 21.4 Å². The number of aromatic nitrogens is 4. The van der Waals surface area contributed by atoms with Gasteiger partial charge in [-0.2, -0.15) is 0 Å². The number of nitrogens with zero attached hydrogens (tertiary/aromatic N) is 2. The van der Waals surface area contributed by atoms with Crippen LogP contribution in [0.25, 0.3) is 56.0 Å². The first kappa shape index (κ1) is 18.2. The van der Waals surface area contributed by atoms with Crippen LogP contribution in [0.15, 0.2) is 84.9 Å². The Balaban J connectivity index is 1.39. The van der Waals surface area contributed by atoms with E-state index >= 15 is 0 Å². The van der Waals surface area contributed by atoms with Gasteiger partial charge in [-0.3, -0.25) is 0 Å². The fourth-order valence-corrected chi connectivity index (χ4v) is 3.97. The molecule has 0 aliphatic carbocycles. The molecule has 0 fully saturated rings. The van der Waals surface area contributed by atoms with Crippen molar-refractivity contribution in [3.05, 3.63) is 84.9 Å². The van der Waals surface area contributed by atoms with Crippen LogP contribution < -0.4 is 11.5 Å². The molecule has 6 nitrogen and oxygen atoms in total. The summed E-state index contributed by atoms with van der Waals surface area (Å²) in [5.74, 6) is 1.57. The zero-order chi connectivity index (χ0) is 21.7. The topological polar surface area (TPSA) is 109 Å². The summed E-state index contributed by atoms with van der Waals surface area (Å²) in [7, 11) is 0. The van der Waals surface area contributed by atoms with E-state index in [1.165, 1.54) is 5.56 Å². The summed E-state index contributed by atoms with van der Waals surface area (Å²) in [5, 5.41) is 0. The number of nitrogens with one attached hydrogen (secondary N) is 2. The number of imidazole rings is 2. The van der Waals surface area contributed by atoms with Crippen LogP contribution in [-0.2, 0) is 0 Å². The van der Waals surface area contributed by atoms with Gasteiger partial charge >= 0.3 is 0 Å². The molecule has 0 amide bonds. The summed E-state index contributed by atoms with van der Waals surface area (Å²) in [4.78, 5) is 16.3. The Morgan fingerprint density at radius 1 is 0.500 bits per heavy atom. The third kappa shape index (κ3) is 3.06. The van der Waals surface area contributed by atoms with Crippen LogP contribution in [0.2, 0.25) is 0 Å². The second-order valence-electron chi connectivity index (χ2n) is 7.84. The minimum absolute atomic E-state index is 0.542. The maximum Gasteiger partial charge on any atom is 0.138 e. The average Bonchev–Trinajstić information content (AvgIpc) is 3.44. The van der Waals surface area contributed by atoms with E-state index < -0.39 is 0 Å². The van der Waals surface area contributed by atoms with Crippen molar-refractivity contribution in [1.82, 2.24) is 19.9 Å². The Hall–Kier alpha value is -4.58. The van der Waals surface area contributed by atoms with Crippen molar-refractivity contribution >= 4 is 33.4 Å². The monoisotopic (exact) mass is 416 g/mol. The Bertz CT molecular complexity index is 1590. The van der Waals surface area contributed by atoms with Gasteiger partial charge in [0, 0.05) is 11.1 Å². The molecule has 0 aliphatic heterocycles. The molecule has 32 heavy (non-hydrogen) atoms. The number of H-pyrrole nitrogens is 2. The number of hydrogen-bond acceptors (Lipinski definition) is 4. The highest BCUT2D eigenvalue weighted by Gasteiger charge is 2.11. The fraction of sp³-hybridized carbons (Fsp3) is 0. The summed E-state index contributed by atoms with van der Waals surface area (Å²) < 4.78 is 0. The standard InChI is InChI=1S/C26H20N6/c27-19-9-6-17(12-20(19)28)25-29-22-11-8-18(14-24(22)32-25)26-30-21-10-7-16(13-23(21)31-26)15-4-2-1-3-5-15/h1-14H,27-28H2,(H,29,32)(H,30,31). The van der Waals surface area contributed by atoms with Crippen molar-refractivity contribution in [2.24, 2.45) is 0 Å². The van der Waals surface area contributed by atoms with Gasteiger partial charge in [-0.05, 0) is 59.7 Å². The van der Waals surface area contributed by atoms with Crippen molar-refractivity contribution in [3.63, 3.8) is 0 Å². The van der Waals surface area contributed by atoms with Crippen molar-refractivity contribution in [1.29, 1.82) is 0 Å². The molecule has 6 heteroatoms. The van der Waals surface area contributed by atoms with Crippen LogP contribution in [0.4, 0.5) is 11.4 Å². The van der Waals surface area contributed by atoms with Crippen LogP contribution in [0.1, 0.15) is 0 Å². The molecule has 6 rings (SSSR count). The molecule has 0 unspecified atom stereocenters. The van der Waals surface area contributed by atoms with Crippen LogP contribution >= 0.6 is 0 Å². The second kappa shape index (κ2) is 6.99. The minimum Gasteiger partial charge on any atom is -0.397 e. The van der Waals surface area contributed by atoms with E-state index in [-0.39, 0.29) is 0 Å².